The summed E-state index contributed by atoms with van der Waals surface area (Å²) < 4.78 is 56.5. The zero-order valence-electron chi connectivity index (χ0n) is 20.7. The molecular weight excluding hydrogens is 464 g/mol. The van der Waals surface area contributed by atoms with Crippen LogP contribution in [0.25, 0.3) is 0 Å². The molecule has 0 saturated carbocycles. The molecule has 0 unspecified atom stereocenters. The Morgan fingerprint density at radius 1 is 0.647 bits per heavy atom. The number of ether oxygens (including phenoxy) is 1. The highest BCUT2D eigenvalue weighted by atomic mass is 35.5. The first-order valence-corrected chi connectivity index (χ1v) is 11.5. The van der Waals surface area contributed by atoms with Gasteiger partial charge in [0.15, 0.2) is 11.6 Å². The number of benzene rings is 3. The van der Waals surface area contributed by atoms with Crippen molar-refractivity contribution in [3.63, 3.8) is 0 Å². The molecule has 0 aliphatic rings. The van der Waals surface area contributed by atoms with Crippen LogP contribution in [0, 0.1) is 23.3 Å². The van der Waals surface area contributed by atoms with Crippen molar-refractivity contribution >= 4 is 11.6 Å². The van der Waals surface area contributed by atoms with Gasteiger partial charge in [-0.2, -0.15) is 0 Å². The first-order chi connectivity index (χ1) is 15.9. The van der Waals surface area contributed by atoms with E-state index in [1.54, 1.807) is 38.1 Å². The molecule has 1 nitrogen and oxygen atoms in total. The van der Waals surface area contributed by atoms with Gasteiger partial charge in [0.2, 0.25) is 0 Å². The SMILES string of the molecule is CC(C)c1c(F)cccc1F.CC(C)c1ccc(Cl)cc1F.COc1cc(C(C)C)ccc1F. The van der Waals surface area contributed by atoms with E-state index in [4.69, 9.17) is 16.3 Å². The van der Waals surface area contributed by atoms with Crippen molar-refractivity contribution in [2.75, 3.05) is 7.11 Å². The van der Waals surface area contributed by atoms with E-state index < -0.39 is 11.6 Å². The van der Waals surface area contributed by atoms with Crippen LogP contribution in [0.15, 0.2) is 54.6 Å². The largest absolute Gasteiger partial charge is 0.494 e. The van der Waals surface area contributed by atoms with E-state index in [1.807, 2.05) is 13.8 Å². The van der Waals surface area contributed by atoms with E-state index in [9.17, 15) is 17.6 Å². The van der Waals surface area contributed by atoms with Crippen molar-refractivity contribution in [3.05, 3.63) is 99.6 Å². The molecule has 0 heterocycles. The van der Waals surface area contributed by atoms with Gasteiger partial charge in [0, 0.05) is 10.6 Å². The Hall–Kier alpha value is -2.53. The van der Waals surface area contributed by atoms with E-state index in [0.29, 0.717) is 16.7 Å². The molecule has 0 fully saturated rings. The molecule has 0 saturated heterocycles. The van der Waals surface area contributed by atoms with Crippen LogP contribution in [-0.4, -0.2) is 7.11 Å². The highest BCUT2D eigenvalue weighted by Gasteiger charge is 2.11. The summed E-state index contributed by atoms with van der Waals surface area (Å²) in [6.45, 7) is 11.6. The summed E-state index contributed by atoms with van der Waals surface area (Å²) in [4.78, 5) is 0. The average molecular weight is 497 g/mol. The zero-order chi connectivity index (χ0) is 26.0. The van der Waals surface area contributed by atoms with Crippen molar-refractivity contribution in [2.24, 2.45) is 0 Å². The normalized spacial score (nSPS) is 10.6. The first kappa shape index (κ1) is 29.5. The Morgan fingerprint density at radius 2 is 1.24 bits per heavy atom. The van der Waals surface area contributed by atoms with Gasteiger partial charge >= 0.3 is 0 Å². The molecule has 0 aromatic heterocycles. The second-order valence-corrected chi connectivity index (χ2v) is 9.10. The van der Waals surface area contributed by atoms with Gasteiger partial charge in [-0.1, -0.05) is 71.3 Å². The molecule has 3 aromatic rings. The predicted octanol–water partition coefficient (Wildman–Crippen LogP) is 9.65. The summed E-state index contributed by atoms with van der Waals surface area (Å²) >= 11 is 5.58. The monoisotopic (exact) mass is 496 g/mol. The smallest absolute Gasteiger partial charge is 0.165 e. The van der Waals surface area contributed by atoms with Gasteiger partial charge in [-0.3, -0.25) is 0 Å². The number of halogens is 5. The Morgan fingerprint density at radius 3 is 1.65 bits per heavy atom. The van der Waals surface area contributed by atoms with E-state index in [-0.39, 0.29) is 29.0 Å². The highest BCUT2D eigenvalue weighted by Crippen LogP contribution is 2.23. The van der Waals surface area contributed by atoms with Gasteiger partial charge in [0.05, 0.1) is 7.11 Å². The number of methoxy groups -OCH3 is 1. The van der Waals surface area contributed by atoms with Crippen LogP contribution in [0.5, 0.6) is 5.75 Å². The second-order valence-electron chi connectivity index (χ2n) is 8.66. The van der Waals surface area contributed by atoms with Crippen molar-refractivity contribution in [2.45, 2.75) is 59.3 Å². The van der Waals surface area contributed by atoms with Gasteiger partial charge in [0.1, 0.15) is 17.5 Å². The zero-order valence-corrected chi connectivity index (χ0v) is 21.5. The minimum atomic E-state index is -0.458. The summed E-state index contributed by atoms with van der Waals surface area (Å²) in [7, 11) is 1.47. The molecule has 0 N–H and O–H groups in total. The summed E-state index contributed by atoms with van der Waals surface area (Å²) in [5.74, 6) is -0.599. The third-order valence-corrected chi connectivity index (χ3v) is 5.24. The van der Waals surface area contributed by atoms with Crippen LogP contribution in [-0.2, 0) is 0 Å². The van der Waals surface area contributed by atoms with E-state index in [0.717, 1.165) is 11.1 Å². The molecule has 3 aromatic carbocycles. The Kier molecular flexibility index (Phi) is 12.2. The fourth-order valence-corrected chi connectivity index (χ4v) is 3.23. The minimum absolute atomic E-state index is 0.101. The second kappa shape index (κ2) is 14.0. The molecule has 0 amide bonds. The minimum Gasteiger partial charge on any atom is -0.494 e. The van der Waals surface area contributed by atoms with Crippen molar-refractivity contribution in [1.29, 1.82) is 0 Å². The topological polar surface area (TPSA) is 9.23 Å². The molecule has 0 bridgehead atoms. The molecule has 0 aliphatic carbocycles. The quantitative estimate of drug-likeness (QED) is 0.326. The maximum atomic E-state index is 13.0. The van der Waals surface area contributed by atoms with Crippen LogP contribution < -0.4 is 4.74 Å². The van der Waals surface area contributed by atoms with Gasteiger partial charge in [-0.25, -0.2) is 17.6 Å². The first-order valence-electron chi connectivity index (χ1n) is 11.1. The molecular formula is C28H33ClF4O. The molecule has 186 valence electrons. The molecule has 3 rings (SSSR count). The predicted molar refractivity (Wildman–Crippen MR) is 133 cm³/mol. The lowest BCUT2D eigenvalue weighted by Gasteiger charge is -2.07. The highest BCUT2D eigenvalue weighted by molar-refractivity contribution is 6.30. The van der Waals surface area contributed by atoms with Crippen LogP contribution in [0.3, 0.4) is 0 Å². The fraction of sp³-hybridized carbons (Fsp3) is 0.357. The summed E-state index contributed by atoms with van der Waals surface area (Å²) in [6, 6.07) is 13.7. The van der Waals surface area contributed by atoms with Crippen LogP contribution in [0.4, 0.5) is 17.6 Å². The van der Waals surface area contributed by atoms with Crippen molar-refractivity contribution in [3.8, 4) is 5.75 Å². The molecule has 0 spiro atoms. The van der Waals surface area contributed by atoms with Gasteiger partial charge in [-0.05, 0) is 65.3 Å². The molecule has 0 aliphatic heterocycles. The molecule has 34 heavy (non-hydrogen) atoms. The van der Waals surface area contributed by atoms with E-state index in [2.05, 4.69) is 13.8 Å². The fourth-order valence-electron chi connectivity index (χ4n) is 3.07. The Bertz CT molecular complexity index is 1030. The lowest BCUT2D eigenvalue weighted by atomic mass is 10.0. The lowest BCUT2D eigenvalue weighted by molar-refractivity contribution is 0.385. The summed E-state index contributed by atoms with van der Waals surface area (Å²) in [6.07, 6.45) is 0. The molecule has 0 atom stereocenters. The van der Waals surface area contributed by atoms with Gasteiger partial charge in [-0.15, -0.1) is 0 Å². The Labute approximate surface area is 205 Å². The van der Waals surface area contributed by atoms with E-state index >= 15 is 0 Å². The van der Waals surface area contributed by atoms with Crippen LogP contribution >= 0.6 is 11.6 Å². The van der Waals surface area contributed by atoms with E-state index in [1.165, 1.54) is 37.4 Å². The number of rotatable bonds is 4. The summed E-state index contributed by atoms with van der Waals surface area (Å²) in [5, 5.41) is 0.451. The van der Waals surface area contributed by atoms with Crippen molar-refractivity contribution < 1.29 is 22.3 Å². The third kappa shape index (κ3) is 9.02. The van der Waals surface area contributed by atoms with Crippen LogP contribution in [0.1, 0.15) is 76.0 Å². The maximum absolute atomic E-state index is 13.0. The lowest BCUT2D eigenvalue weighted by Crippen LogP contribution is -1.96. The third-order valence-electron chi connectivity index (χ3n) is 5.00. The van der Waals surface area contributed by atoms with Gasteiger partial charge < -0.3 is 4.74 Å². The average Bonchev–Trinajstić information content (AvgIpc) is 2.74. The summed E-state index contributed by atoms with van der Waals surface area (Å²) in [5.41, 5.74) is 1.98. The molecule has 0 radical (unpaired) electrons. The van der Waals surface area contributed by atoms with Crippen LogP contribution in [0.2, 0.25) is 5.02 Å². The number of hydrogen-bond acceptors (Lipinski definition) is 1. The van der Waals surface area contributed by atoms with Crippen molar-refractivity contribution in [1.82, 2.24) is 0 Å². The maximum Gasteiger partial charge on any atom is 0.165 e. The van der Waals surface area contributed by atoms with Gasteiger partial charge in [0.25, 0.3) is 0 Å². The number of hydrogen-bond donors (Lipinski definition) is 0. The standard InChI is InChI=1S/C10H13FO.C9H10ClF.C9H10F2/c1-7(2)8-4-5-9(11)10(6-8)12-3;1-6(2)8-4-3-7(10)5-9(8)11;1-6(2)9-7(10)4-3-5-8(9)11/h4-7H,1-3H3;2*3-6H,1-2H3. The Balaban J connectivity index is 0.000000255. The molecule has 6 heteroatoms.